The molecular weight excluding hydrogens is 482 g/mol. The summed E-state index contributed by atoms with van der Waals surface area (Å²) < 4.78 is 12.3. The van der Waals surface area contributed by atoms with Crippen LogP contribution in [0.4, 0.5) is 10.5 Å². The van der Waals surface area contributed by atoms with Gasteiger partial charge in [-0.05, 0) is 41.9 Å². The lowest BCUT2D eigenvalue weighted by atomic mass is 10.0. The summed E-state index contributed by atoms with van der Waals surface area (Å²) >= 11 is 0. The molecule has 2 N–H and O–H groups in total. The van der Waals surface area contributed by atoms with Crippen LogP contribution < -0.4 is 16.4 Å². The van der Waals surface area contributed by atoms with Crippen LogP contribution in [0.5, 0.6) is 0 Å². The number of carbonyl (C=O) groups excluding carboxylic acids is 1. The molecule has 4 aromatic rings. The molecule has 1 saturated heterocycles. The zero-order chi connectivity index (χ0) is 26.3. The molecule has 0 spiro atoms. The van der Waals surface area contributed by atoms with Crippen LogP contribution in [-0.4, -0.2) is 66.8 Å². The van der Waals surface area contributed by atoms with E-state index in [1.807, 2.05) is 37.4 Å². The van der Waals surface area contributed by atoms with Crippen LogP contribution in [0.2, 0.25) is 0 Å². The number of oxazole rings is 1. The number of para-hydroxylation sites is 1. The molecule has 1 aromatic heterocycles. The number of amides is 1. The number of carbonyl (C=O) groups is 1. The molecule has 0 saturated carbocycles. The largest absolute Gasteiger partial charge is 0.427 e. The van der Waals surface area contributed by atoms with Crippen molar-refractivity contribution in [2.24, 2.45) is 0 Å². The van der Waals surface area contributed by atoms with Crippen molar-refractivity contribution in [3.05, 3.63) is 88.9 Å². The molecule has 3 aromatic carbocycles. The summed E-state index contributed by atoms with van der Waals surface area (Å²) in [5.41, 5.74) is 5.36. The first-order valence-electron chi connectivity index (χ1n) is 12.9. The van der Waals surface area contributed by atoms with Gasteiger partial charge in [-0.1, -0.05) is 54.6 Å². The Balaban J connectivity index is 1.14. The number of hydrogen-bond donors (Lipinski definition) is 2. The Bertz CT molecular complexity index is 1420. The number of nitrogens with zero attached hydrogens (tertiary/aromatic N) is 3. The second kappa shape index (κ2) is 12.0. The minimum absolute atomic E-state index is 0.190. The monoisotopic (exact) mass is 515 g/mol. The summed E-state index contributed by atoms with van der Waals surface area (Å²) in [5, 5.41) is 6.80. The van der Waals surface area contributed by atoms with Crippen molar-refractivity contribution in [2.75, 3.05) is 51.6 Å². The predicted molar refractivity (Wildman–Crippen MR) is 148 cm³/mol. The van der Waals surface area contributed by atoms with Gasteiger partial charge in [0, 0.05) is 45.8 Å². The second-order valence-electron chi connectivity index (χ2n) is 9.45. The highest BCUT2D eigenvalue weighted by molar-refractivity contribution is 5.86. The number of rotatable bonds is 9. The number of fused-ring (bicyclic) bond motifs is 1. The lowest BCUT2D eigenvalue weighted by Gasteiger charge is -2.31. The third-order valence-corrected chi connectivity index (χ3v) is 6.75. The van der Waals surface area contributed by atoms with Crippen molar-refractivity contribution in [1.82, 2.24) is 19.7 Å². The Morgan fingerprint density at radius 3 is 2.50 bits per heavy atom. The molecule has 0 unspecified atom stereocenters. The van der Waals surface area contributed by atoms with Gasteiger partial charge >= 0.3 is 11.8 Å². The van der Waals surface area contributed by atoms with Crippen LogP contribution in [0.25, 0.3) is 22.2 Å². The number of nitrogens with one attached hydrogen (secondary N) is 2. The van der Waals surface area contributed by atoms with Crippen molar-refractivity contribution >= 4 is 22.9 Å². The predicted octanol–water partition coefficient (Wildman–Crippen LogP) is 3.80. The molecule has 1 amide bonds. The van der Waals surface area contributed by atoms with Crippen molar-refractivity contribution < 1.29 is 13.9 Å². The Hall–Kier alpha value is -4.08. The standard InChI is InChI=1S/C29H33N5O4/c1-32-15-17-33(18-16-32)28(35)37-21-34-26-12-6-11-25(27(26)38-29(34)36)31-14-13-30-20-22-7-5-10-24(19-22)23-8-3-2-4-9-23/h2-12,19,30-31H,13-18,20-21H2,1H3. The van der Waals surface area contributed by atoms with E-state index in [1.165, 1.54) is 21.3 Å². The molecule has 198 valence electrons. The first-order valence-corrected chi connectivity index (χ1v) is 12.9. The van der Waals surface area contributed by atoms with E-state index < -0.39 is 11.8 Å². The van der Waals surface area contributed by atoms with Crippen molar-refractivity contribution in [1.29, 1.82) is 0 Å². The van der Waals surface area contributed by atoms with Crippen LogP contribution in [0.3, 0.4) is 0 Å². The van der Waals surface area contributed by atoms with Crippen molar-refractivity contribution in [2.45, 2.75) is 13.3 Å². The van der Waals surface area contributed by atoms with E-state index in [9.17, 15) is 9.59 Å². The average molecular weight is 516 g/mol. The summed E-state index contributed by atoms with van der Waals surface area (Å²) in [6.07, 6.45) is -0.422. The zero-order valence-electron chi connectivity index (χ0n) is 21.6. The molecule has 1 fully saturated rings. The van der Waals surface area contributed by atoms with Gasteiger partial charge in [0.15, 0.2) is 12.3 Å². The highest BCUT2D eigenvalue weighted by atomic mass is 16.6. The van der Waals surface area contributed by atoms with Gasteiger partial charge in [0.25, 0.3) is 0 Å². The SMILES string of the molecule is CN1CCN(C(=O)OCn2c(=O)oc3c(NCCNCc4cccc(-c5ccccc5)c4)cccc32)CC1. The molecule has 2 heterocycles. The number of anilines is 1. The number of piperazine rings is 1. The fourth-order valence-electron chi connectivity index (χ4n) is 4.56. The summed E-state index contributed by atoms with van der Waals surface area (Å²) in [6, 6.07) is 24.3. The third kappa shape index (κ3) is 6.07. The fourth-order valence-corrected chi connectivity index (χ4v) is 4.56. The molecule has 1 aliphatic rings. The highest BCUT2D eigenvalue weighted by Gasteiger charge is 2.21. The molecule has 1 aliphatic heterocycles. The molecule has 0 bridgehead atoms. The van der Waals surface area contributed by atoms with Gasteiger partial charge in [-0.3, -0.25) is 0 Å². The van der Waals surface area contributed by atoms with E-state index in [-0.39, 0.29) is 6.73 Å². The number of benzene rings is 3. The topological polar surface area (TPSA) is 92.0 Å². The van der Waals surface area contributed by atoms with Gasteiger partial charge in [-0.15, -0.1) is 0 Å². The summed E-state index contributed by atoms with van der Waals surface area (Å²) in [6.45, 7) is 4.74. The molecule has 0 radical (unpaired) electrons. The minimum Gasteiger partial charge on any atom is -0.427 e. The van der Waals surface area contributed by atoms with E-state index in [4.69, 9.17) is 9.15 Å². The van der Waals surface area contributed by atoms with Crippen LogP contribution in [0.15, 0.2) is 82.0 Å². The third-order valence-electron chi connectivity index (χ3n) is 6.75. The van der Waals surface area contributed by atoms with Crippen molar-refractivity contribution in [3.63, 3.8) is 0 Å². The van der Waals surface area contributed by atoms with Gasteiger partial charge in [0.05, 0.1) is 11.2 Å². The maximum absolute atomic E-state index is 12.5. The molecule has 38 heavy (non-hydrogen) atoms. The van der Waals surface area contributed by atoms with E-state index in [1.54, 1.807) is 11.0 Å². The normalized spacial score (nSPS) is 14.1. The lowest BCUT2D eigenvalue weighted by molar-refractivity contribution is 0.0595. The quantitative estimate of drug-likeness (QED) is 0.328. The van der Waals surface area contributed by atoms with Crippen LogP contribution in [0.1, 0.15) is 5.56 Å². The number of hydrogen-bond acceptors (Lipinski definition) is 7. The Labute approximate surface area is 221 Å². The maximum atomic E-state index is 12.5. The Kier molecular flexibility index (Phi) is 8.06. The maximum Gasteiger partial charge on any atom is 0.422 e. The van der Waals surface area contributed by atoms with Gasteiger partial charge in [-0.2, -0.15) is 0 Å². The van der Waals surface area contributed by atoms with Crippen LogP contribution >= 0.6 is 0 Å². The lowest BCUT2D eigenvalue weighted by Crippen LogP contribution is -2.47. The van der Waals surface area contributed by atoms with Crippen LogP contribution in [-0.2, 0) is 18.0 Å². The van der Waals surface area contributed by atoms with E-state index in [0.29, 0.717) is 30.7 Å². The highest BCUT2D eigenvalue weighted by Crippen LogP contribution is 2.23. The summed E-state index contributed by atoms with van der Waals surface area (Å²) in [4.78, 5) is 28.8. The summed E-state index contributed by atoms with van der Waals surface area (Å²) in [7, 11) is 2.02. The minimum atomic E-state index is -0.558. The van der Waals surface area contributed by atoms with Crippen molar-refractivity contribution in [3.8, 4) is 11.1 Å². The fraction of sp³-hybridized carbons (Fsp3) is 0.310. The number of likely N-dealkylation sites (N-methyl/N-ethyl adjacent to an activating group) is 1. The zero-order valence-corrected chi connectivity index (χ0v) is 21.6. The first kappa shape index (κ1) is 25.6. The average Bonchev–Trinajstić information content (AvgIpc) is 3.28. The van der Waals surface area contributed by atoms with Gasteiger partial charge < -0.3 is 29.6 Å². The van der Waals surface area contributed by atoms with E-state index >= 15 is 0 Å². The molecule has 9 heteroatoms. The van der Waals surface area contributed by atoms with Crippen LogP contribution in [0, 0.1) is 0 Å². The molecule has 0 aliphatic carbocycles. The van der Waals surface area contributed by atoms with Gasteiger partial charge in [0.2, 0.25) is 0 Å². The Morgan fingerprint density at radius 2 is 1.68 bits per heavy atom. The van der Waals surface area contributed by atoms with E-state index in [2.05, 4.69) is 51.9 Å². The van der Waals surface area contributed by atoms with E-state index in [0.717, 1.165) is 31.9 Å². The molecule has 5 rings (SSSR count). The molecule has 0 atom stereocenters. The number of aromatic nitrogens is 1. The molecular formula is C29H33N5O4. The number of ether oxygens (including phenoxy) is 1. The first-order chi connectivity index (χ1) is 18.6. The Morgan fingerprint density at radius 1 is 0.921 bits per heavy atom. The smallest absolute Gasteiger partial charge is 0.422 e. The second-order valence-corrected chi connectivity index (χ2v) is 9.45. The summed E-state index contributed by atoms with van der Waals surface area (Å²) in [5.74, 6) is -0.558. The molecule has 9 nitrogen and oxygen atoms in total. The van der Waals surface area contributed by atoms with Gasteiger partial charge in [0.1, 0.15) is 0 Å². The van der Waals surface area contributed by atoms with Gasteiger partial charge in [-0.25, -0.2) is 14.2 Å².